The number of halogens is 1. The Labute approximate surface area is 72.3 Å². The normalized spacial score (nSPS) is 11.8. The number of nitrogens with one attached hydrogen (secondary N) is 1. The monoisotopic (exact) mass is 200 g/mol. The Hall–Kier alpha value is 0.160. The van der Waals surface area contributed by atoms with Crippen LogP contribution in [-0.2, 0) is 10.2 Å². The van der Waals surface area contributed by atoms with Gasteiger partial charge in [-0.3, -0.25) is 0 Å². The first-order chi connectivity index (χ1) is 5.06. The molecular formula is C5H13ClN2O2S. The van der Waals surface area contributed by atoms with E-state index in [2.05, 4.69) is 9.86 Å². The maximum atomic E-state index is 10.3. The van der Waals surface area contributed by atoms with Gasteiger partial charge in [-0.2, -0.15) is 8.42 Å². The molecule has 0 unspecified atom stereocenters. The van der Waals surface area contributed by atoms with Crippen molar-refractivity contribution in [2.45, 2.75) is 19.3 Å². The average molecular weight is 201 g/mol. The lowest BCUT2D eigenvalue weighted by Gasteiger charge is -1.99. The van der Waals surface area contributed by atoms with Crippen LogP contribution in [0.4, 0.5) is 0 Å². The van der Waals surface area contributed by atoms with Crippen molar-refractivity contribution < 1.29 is 8.42 Å². The maximum Gasteiger partial charge on any atom is 0.274 e. The Morgan fingerprint density at radius 3 is 2.36 bits per heavy atom. The molecule has 0 aliphatic carbocycles. The van der Waals surface area contributed by atoms with E-state index in [0.29, 0.717) is 12.4 Å². The van der Waals surface area contributed by atoms with E-state index in [4.69, 9.17) is 11.6 Å². The molecule has 68 valence electrons. The van der Waals surface area contributed by atoms with Gasteiger partial charge < -0.3 is 0 Å². The van der Waals surface area contributed by atoms with Crippen molar-refractivity contribution in [2.24, 2.45) is 5.14 Å². The van der Waals surface area contributed by atoms with Crippen molar-refractivity contribution in [2.75, 3.05) is 12.4 Å². The van der Waals surface area contributed by atoms with E-state index >= 15 is 0 Å². The molecule has 11 heavy (non-hydrogen) atoms. The number of alkyl halides is 1. The van der Waals surface area contributed by atoms with Crippen LogP contribution < -0.4 is 9.86 Å². The summed E-state index contributed by atoms with van der Waals surface area (Å²) < 4.78 is 22.8. The van der Waals surface area contributed by atoms with Gasteiger partial charge in [0.05, 0.1) is 0 Å². The highest BCUT2D eigenvalue weighted by molar-refractivity contribution is 7.87. The maximum absolute atomic E-state index is 10.3. The number of unbranched alkanes of at least 4 members (excludes halogenated alkanes) is 2. The largest absolute Gasteiger partial charge is 0.274 e. The molecule has 0 aliphatic rings. The molecule has 0 spiro atoms. The third kappa shape index (κ3) is 10.2. The zero-order valence-corrected chi connectivity index (χ0v) is 7.79. The van der Waals surface area contributed by atoms with Gasteiger partial charge in [-0.1, -0.05) is 6.42 Å². The van der Waals surface area contributed by atoms with Crippen molar-refractivity contribution in [1.82, 2.24) is 4.72 Å². The van der Waals surface area contributed by atoms with Gasteiger partial charge in [-0.05, 0) is 12.8 Å². The average Bonchev–Trinajstić information content (AvgIpc) is 1.85. The molecule has 0 saturated heterocycles. The predicted octanol–water partition coefficient (Wildman–Crippen LogP) is 0.189. The minimum atomic E-state index is -3.49. The van der Waals surface area contributed by atoms with E-state index in [0.717, 1.165) is 19.3 Å². The van der Waals surface area contributed by atoms with Crippen molar-refractivity contribution in [3.8, 4) is 0 Å². The summed E-state index contributed by atoms with van der Waals surface area (Å²) in [5, 5.41) is 4.69. The lowest BCUT2D eigenvalue weighted by molar-refractivity contribution is 0.578. The van der Waals surface area contributed by atoms with Crippen LogP contribution in [-0.4, -0.2) is 20.8 Å². The third-order valence-corrected chi connectivity index (χ3v) is 1.99. The summed E-state index contributed by atoms with van der Waals surface area (Å²) >= 11 is 5.41. The number of hydrogen-bond donors (Lipinski definition) is 2. The molecule has 0 aromatic heterocycles. The topological polar surface area (TPSA) is 72.2 Å². The van der Waals surface area contributed by atoms with Gasteiger partial charge in [0.1, 0.15) is 0 Å². The second-order valence-corrected chi connectivity index (χ2v) is 3.95. The lowest BCUT2D eigenvalue weighted by Crippen LogP contribution is -2.31. The molecule has 0 heterocycles. The molecular weight excluding hydrogens is 188 g/mol. The van der Waals surface area contributed by atoms with E-state index in [1.54, 1.807) is 0 Å². The molecule has 6 heteroatoms. The molecule has 0 aromatic carbocycles. The standard InChI is InChI=1S/C5H13ClN2O2S/c6-4-2-1-3-5-8-11(7,9)10/h8H,1-5H2,(H2,7,9,10). The highest BCUT2D eigenvalue weighted by Gasteiger charge is 1.97. The third-order valence-electron chi connectivity index (χ3n) is 1.11. The Bertz CT molecular complexity index is 181. The lowest BCUT2D eigenvalue weighted by atomic mass is 10.2. The summed E-state index contributed by atoms with van der Waals surface area (Å²) in [6.45, 7) is 0.399. The minimum absolute atomic E-state index is 0.399. The molecule has 0 saturated carbocycles. The number of rotatable bonds is 6. The zero-order valence-electron chi connectivity index (χ0n) is 6.22. The van der Waals surface area contributed by atoms with Crippen molar-refractivity contribution in [1.29, 1.82) is 0 Å². The van der Waals surface area contributed by atoms with Gasteiger partial charge in [-0.25, -0.2) is 9.86 Å². The van der Waals surface area contributed by atoms with Crippen LogP contribution in [0.5, 0.6) is 0 Å². The SMILES string of the molecule is NS(=O)(=O)NCCCCCCl. The molecule has 0 amide bonds. The van der Waals surface area contributed by atoms with Gasteiger partial charge in [0.2, 0.25) is 0 Å². The van der Waals surface area contributed by atoms with Crippen LogP contribution >= 0.6 is 11.6 Å². The Balaban J connectivity index is 3.16. The fraction of sp³-hybridized carbons (Fsp3) is 1.00. The van der Waals surface area contributed by atoms with E-state index < -0.39 is 10.2 Å². The minimum Gasteiger partial charge on any atom is -0.216 e. The molecule has 0 bridgehead atoms. The highest BCUT2D eigenvalue weighted by Crippen LogP contribution is 1.95. The summed E-state index contributed by atoms with van der Waals surface area (Å²) in [6.07, 6.45) is 2.61. The van der Waals surface area contributed by atoms with Gasteiger partial charge in [-0.15, -0.1) is 11.6 Å². The van der Waals surface area contributed by atoms with E-state index in [-0.39, 0.29) is 0 Å². The van der Waals surface area contributed by atoms with E-state index in [1.807, 2.05) is 0 Å². The smallest absolute Gasteiger partial charge is 0.216 e. The van der Waals surface area contributed by atoms with Gasteiger partial charge >= 0.3 is 0 Å². The van der Waals surface area contributed by atoms with Crippen LogP contribution in [0.2, 0.25) is 0 Å². The quantitative estimate of drug-likeness (QED) is 0.475. The second kappa shape index (κ2) is 5.77. The molecule has 4 nitrogen and oxygen atoms in total. The molecule has 0 atom stereocenters. The summed E-state index contributed by atoms with van der Waals surface area (Å²) in [5.41, 5.74) is 0. The fourth-order valence-corrected chi connectivity index (χ4v) is 1.23. The van der Waals surface area contributed by atoms with Crippen molar-refractivity contribution in [3.05, 3.63) is 0 Å². The summed E-state index contributed by atoms with van der Waals surface area (Å²) in [5.74, 6) is 0.620. The van der Waals surface area contributed by atoms with Crippen LogP contribution in [0.1, 0.15) is 19.3 Å². The highest BCUT2D eigenvalue weighted by atomic mass is 35.5. The van der Waals surface area contributed by atoms with E-state index in [9.17, 15) is 8.42 Å². The first kappa shape index (κ1) is 11.2. The van der Waals surface area contributed by atoms with E-state index in [1.165, 1.54) is 0 Å². The summed E-state index contributed by atoms with van der Waals surface area (Å²) in [6, 6.07) is 0. The Morgan fingerprint density at radius 2 is 1.91 bits per heavy atom. The van der Waals surface area contributed by atoms with Crippen molar-refractivity contribution >= 4 is 21.8 Å². The Morgan fingerprint density at radius 1 is 1.27 bits per heavy atom. The second-order valence-electron chi connectivity index (χ2n) is 2.19. The summed E-state index contributed by atoms with van der Waals surface area (Å²) in [7, 11) is -3.49. The number of hydrogen-bond acceptors (Lipinski definition) is 2. The predicted molar refractivity (Wildman–Crippen MR) is 45.7 cm³/mol. The van der Waals surface area contributed by atoms with Gasteiger partial charge in [0, 0.05) is 12.4 Å². The molecule has 0 radical (unpaired) electrons. The first-order valence-electron chi connectivity index (χ1n) is 3.39. The summed E-state index contributed by atoms with van der Waals surface area (Å²) in [4.78, 5) is 0. The van der Waals surface area contributed by atoms with Crippen LogP contribution in [0.3, 0.4) is 0 Å². The van der Waals surface area contributed by atoms with Crippen molar-refractivity contribution in [3.63, 3.8) is 0 Å². The molecule has 0 aliphatic heterocycles. The fourth-order valence-electron chi connectivity index (χ4n) is 0.611. The molecule has 0 fully saturated rings. The molecule has 0 rings (SSSR count). The molecule has 3 N–H and O–H groups in total. The van der Waals surface area contributed by atoms with Crippen LogP contribution in [0.15, 0.2) is 0 Å². The van der Waals surface area contributed by atoms with Crippen LogP contribution in [0.25, 0.3) is 0 Å². The first-order valence-corrected chi connectivity index (χ1v) is 5.47. The van der Waals surface area contributed by atoms with Gasteiger partial charge in [0.25, 0.3) is 10.2 Å². The zero-order chi connectivity index (χ0) is 8.74. The molecule has 0 aromatic rings. The van der Waals surface area contributed by atoms with Gasteiger partial charge in [0.15, 0.2) is 0 Å². The Kier molecular flexibility index (Phi) is 5.85. The van der Waals surface area contributed by atoms with Crippen LogP contribution in [0, 0.1) is 0 Å². The number of nitrogens with two attached hydrogens (primary N) is 1.